The van der Waals surface area contributed by atoms with Crippen molar-refractivity contribution in [2.75, 3.05) is 13.6 Å². The largest absolute Gasteiger partial charge is 0.319 e. The SMILES string of the molecule is CNCCc1ccc(CC(F)F)cc1. The Morgan fingerprint density at radius 3 is 2.21 bits per heavy atom. The first-order valence-corrected chi connectivity index (χ1v) is 4.73. The van der Waals surface area contributed by atoms with Crippen molar-refractivity contribution >= 4 is 0 Å². The van der Waals surface area contributed by atoms with Crippen LogP contribution in [0.2, 0.25) is 0 Å². The van der Waals surface area contributed by atoms with Crippen LogP contribution in [0.25, 0.3) is 0 Å². The third-order valence-electron chi connectivity index (χ3n) is 2.08. The van der Waals surface area contributed by atoms with Crippen molar-refractivity contribution in [2.45, 2.75) is 19.3 Å². The molecule has 0 radical (unpaired) electrons. The first-order valence-electron chi connectivity index (χ1n) is 4.73. The van der Waals surface area contributed by atoms with Gasteiger partial charge in [0.15, 0.2) is 0 Å². The van der Waals surface area contributed by atoms with Crippen molar-refractivity contribution in [3.63, 3.8) is 0 Å². The molecule has 1 rings (SSSR count). The molecule has 0 aliphatic heterocycles. The standard InChI is InChI=1S/C11H15F2N/c1-14-7-6-9-2-4-10(5-3-9)8-11(12)13/h2-5,11,14H,6-8H2,1H3. The minimum absolute atomic E-state index is 0.147. The van der Waals surface area contributed by atoms with Gasteiger partial charge in [-0.15, -0.1) is 0 Å². The maximum Gasteiger partial charge on any atom is 0.242 e. The normalized spacial score (nSPS) is 10.9. The zero-order valence-electron chi connectivity index (χ0n) is 8.26. The third-order valence-corrected chi connectivity index (χ3v) is 2.08. The van der Waals surface area contributed by atoms with Gasteiger partial charge in [0.1, 0.15) is 0 Å². The van der Waals surface area contributed by atoms with Crippen molar-refractivity contribution < 1.29 is 8.78 Å². The van der Waals surface area contributed by atoms with Crippen LogP contribution in [-0.4, -0.2) is 20.0 Å². The molecule has 78 valence electrons. The van der Waals surface area contributed by atoms with E-state index in [2.05, 4.69) is 5.32 Å². The minimum atomic E-state index is -2.25. The molecule has 0 aromatic heterocycles. The molecular weight excluding hydrogens is 184 g/mol. The van der Waals surface area contributed by atoms with Gasteiger partial charge in [0.05, 0.1) is 0 Å². The summed E-state index contributed by atoms with van der Waals surface area (Å²) < 4.78 is 24.0. The molecule has 0 heterocycles. The summed E-state index contributed by atoms with van der Waals surface area (Å²) in [5.41, 5.74) is 1.88. The summed E-state index contributed by atoms with van der Waals surface area (Å²) in [5.74, 6) is 0. The quantitative estimate of drug-likeness (QED) is 0.767. The summed E-state index contributed by atoms with van der Waals surface area (Å²) >= 11 is 0. The Labute approximate surface area is 83.1 Å². The lowest BCUT2D eigenvalue weighted by atomic mass is 10.1. The van der Waals surface area contributed by atoms with Gasteiger partial charge in [-0.05, 0) is 31.1 Å². The van der Waals surface area contributed by atoms with Crippen LogP contribution in [-0.2, 0) is 12.8 Å². The van der Waals surface area contributed by atoms with E-state index in [9.17, 15) is 8.78 Å². The zero-order chi connectivity index (χ0) is 10.4. The molecule has 1 N–H and O–H groups in total. The first kappa shape index (κ1) is 11.1. The minimum Gasteiger partial charge on any atom is -0.319 e. The smallest absolute Gasteiger partial charge is 0.242 e. The van der Waals surface area contributed by atoms with Gasteiger partial charge < -0.3 is 5.32 Å². The molecule has 1 aromatic carbocycles. The molecule has 0 unspecified atom stereocenters. The van der Waals surface area contributed by atoms with E-state index < -0.39 is 6.43 Å². The van der Waals surface area contributed by atoms with E-state index in [-0.39, 0.29) is 6.42 Å². The van der Waals surface area contributed by atoms with E-state index in [0.717, 1.165) is 13.0 Å². The lowest BCUT2D eigenvalue weighted by molar-refractivity contribution is 0.149. The summed E-state index contributed by atoms with van der Waals surface area (Å²) in [6.45, 7) is 0.911. The highest BCUT2D eigenvalue weighted by molar-refractivity contribution is 5.23. The Kier molecular flexibility index (Phi) is 4.53. The van der Waals surface area contributed by atoms with Gasteiger partial charge in [0, 0.05) is 6.42 Å². The maximum absolute atomic E-state index is 12.0. The zero-order valence-corrected chi connectivity index (χ0v) is 8.26. The van der Waals surface area contributed by atoms with Crippen LogP contribution >= 0.6 is 0 Å². The average Bonchev–Trinajstić information content (AvgIpc) is 2.16. The van der Waals surface area contributed by atoms with Crippen LogP contribution in [0.5, 0.6) is 0 Å². The fourth-order valence-corrected chi connectivity index (χ4v) is 1.29. The molecule has 0 spiro atoms. The van der Waals surface area contributed by atoms with E-state index in [1.165, 1.54) is 5.56 Å². The van der Waals surface area contributed by atoms with E-state index in [0.29, 0.717) is 5.56 Å². The number of nitrogens with one attached hydrogen (secondary N) is 1. The molecule has 0 amide bonds. The van der Waals surface area contributed by atoms with E-state index in [4.69, 9.17) is 0 Å². The van der Waals surface area contributed by atoms with Crippen molar-refractivity contribution in [3.8, 4) is 0 Å². The molecule has 0 atom stereocenters. The molecule has 3 heteroatoms. The predicted molar refractivity (Wildman–Crippen MR) is 53.8 cm³/mol. The molecule has 0 saturated carbocycles. The highest BCUT2D eigenvalue weighted by Crippen LogP contribution is 2.09. The van der Waals surface area contributed by atoms with Gasteiger partial charge in [-0.1, -0.05) is 24.3 Å². The predicted octanol–water partition coefficient (Wildman–Crippen LogP) is 2.26. The first-order chi connectivity index (χ1) is 6.72. The summed E-state index contributed by atoms with van der Waals surface area (Å²) in [4.78, 5) is 0. The van der Waals surface area contributed by atoms with Gasteiger partial charge in [-0.25, -0.2) is 8.78 Å². The molecule has 0 saturated heterocycles. The van der Waals surface area contributed by atoms with Gasteiger partial charge >= 0.3 is 0 Å². The van der Waals surface area contributed by atoms with Crippen molar-refractivity contribution in [1.29, 1.82) is 0 Å². The molecule has 0 bridgehead atoms. The Hall–Kier alpha value is -0.960. The Balaban J connectivity index is 2.50. The van der Waals surface area contributed by atoms with Gasteiger partial charge in [-0.2, -0.15) is 0 Å². The van der Waals surface area contributed by atoms with Crippen molar-refractivity contribution in [3.05, 3.63) is 35.4 Å². The molecule has 1 nitrogen and oxygen atoms in total. The average molecular weight is 199 g/mol. The van der Waals surface area contributed by atoms with Crippen LogP contribution in [0.3, 0.4) is 0 Å². The number of hydrogen-bond donors (Lipinski definition) is 1. The molecule has 0 fully saturated rings. The maximum atomic E-state index is 12.0. The second-order valence-electron chi connectivity index (χ2n) is 3.27. The van der Waals surface area contributed by atoms with Crippen molar-refractivity contribution in [2.24, 2.45) is 0 Å². The summed E-state index contributed by atoms with van der Waals surface area (Å²) in [6, 6.07) is 7.37. The molecule has 14 heavy (non-hydrogen) atoms. The lowest BCUT2D eigenvalue weighted by Gasteiger charge is -2.03. The monoisotopic (exact) mass is 199 g/mol. The van der Waals surface area contributed by atoms with E-state index >= 15 is 0 Å². The number of benzene rings is 1. The fourth-order valence-electron chi connectivity index (χ4n) is 1.29. The van der Waals surface area contributed by atoms with Crippen LogP contribution in [0, 0.1) is 0 Å². The molecule has 0 aliphatic rings. The van der Waals surface area contributed by atoms with Crippen molar-refractivity contribution in [1.82, 2.24) is 5.32 Å². The number of likely N-dealkylation sites (N-methyl/N-ethyl adjacent to an activating group) is 1. The van der Waals surface area contributed by atoms with Gasteiger partial charge in [0.2, 0.25) is 6.43 Å². The van der Waals surface area contributed by atoms with Crippen LogP contribution in [0.15, 0.2) is 24.3 Å². The third kappa shape index (κ3) is 3.83. The molecular formula is C11H15F2N. The van der Waals surface area contributed by atoms with Crippen LogP contribution in [0.4, 0.5) is 8.78 Å². The second kappa shape index (κ2) is 5.70. The van der Waals surface area contributed by atoms with E-state index in [1.807, 2.05) is 19.2 Å². The molecule has 0 aliphatic carbocycles. The summed E-state index contributed by atoms with van der Waals surface area (Å²) in [5, 5.41) is 3.04. The van der Waals surface area contributed by atoms with Crippen LogP contribution < -0.4 is 5.32 Å². The van der Waals surface area contributed by atoms with Gasteiger partial charge in [-0.3, -0.25) is 0 Å². The Morgan fingerprint density at radius 2 is 1.71 bits per heavy atom. The Bertz CT molecular complexity index is 256. The topological polar surface area (TPSA) is 12.0 Å². The number of halogens is 2. The summed E-state index contributed by atoms with van der Waals surface area (Å²) in [7, 11) is 1.89. The fraction of sp³-hybridized carbons (Fsp3) is 0.455. The highest BCUT2D eigenvalue weighted by atomic mass is 19.3. The lowest BCUT2D eigenvalue weighted by Crippen LogP contribution is -2.10. The van der Waals surface area contributed by atoms with Crippen LogP contribution in [0.1, 0.15) is 11.1 Å². The number of rotatable bonds is 5. The van der Waals surface area contributed by atoms with E-state index in [1.54, 1.807) is 12.1 Å². The molecule has 1 aromatic rings. The highest BCUT2D eigenvalue weighted by Gasteiger charge is 2.03. The van der Waals surface area contributed by atoms with Gasteiger partial charge in [0.25, 0.3) is 0 Å². The Morgan fingerprint density at radius 1 is 1.14 bits per heavy atom. The number of hydrogen-bond acceptors (Lipinski definition) is 1. The number of alkyl halides is 2. The summed E-state index contributed by atoms with van der Waals surface area (Å²) in [6.07, 6.45) is -1.46. The second-order valence-corrected chi connectivity index (χ2v) is 3.27.